The van der Waals surface area contributed by atoms with E-state index in [0.717, 1.165) is 12.8 Å². The predicted octanol–water partition coefficient (Wildman–Crippen LogP) is 0.267. The van der Waals surface area contributed by atoms with Gasteiger partial charge < -0.3 is 15.8 Å². The van der Waals surface area contributed by atoms with Crippen LogP contribution in [-0.2, 0) is 9.53 Å². The van der Waals surface area contributed by atoms with Crippen LogP contribution in [0.2, 0.25) is 0 Å². The van der Waals surface area contributed by atoms with Crippen LogP contribution in [0.25, 0.3) is 0 Å². The zero-order valence-corrected chi connectivity index (χ0v) is 8.51. The van der Waals surface area contributed by atoms with E-state index in [1.54, 1.807) is 7.11 Å². The first-order chi connectivity index (χ1) is 6.22. The topological polar surface area (TPSA) is 64.4 Å². The molecule has 13 heavy (non-hydrogen) atoms. The molecule has 4 nitrogen and oxygen atoms in total. The molecule has 78 valence electrons. The van der Waals surface area contributed by atoms with Gasteiger partial charge in [-0.15, -0.1) is 0 Å². The average molecular weight is 188 g/mol. The lowest BCUT2D eigenvalue weighted by Crippen LogP contribution is -2.40. The molecule has 0 aliphatic rings. The summed E-state index contributed by atoms with van der Waals surface area (Å²) in [4.78, 5) is 11.2. The van der Waals surface area contributed by atoms with Crippen molar-refractivity contribution in [3.63, 3.8) is 0 Å². The van der Waals surface area contributed by atoms with E-state index in [4.69, 9.17) is 10.5 Å². The maximum atomic E-state index is 11.2. The van der Waals surface area contributed by atoms with Gasteiger partial charge in [0.05, 0.1) is 6.04 Å². The van der Waals surface area contributed by atoms with Crippen LogP contribution < -0.4 is 11.1 Å². The van der Waals surface area contributed by atoms with Crippen molar-refractivity contribution < 1.29 is 9.53 Å². The lowest BCUT2D eigenvalue weighted by Gasteiger charge is -2.10. The largest absolute Gasteiger partial charge is 0.385 e. The van der Waals surface area contributed by atoms with E-state index in [2.05, 4.69) is 5.32 Å². The molecule has 0 heterocycles. The normalized spacial score (nSPS) is 12.5. The molecule has 3 N–H and O–H groups in total. The van der Waals surface area contributed by atoms with Crippen LogP contribution in [-0.4, -0.2) is 32.2 Å². The summed E-state index contributed by atoms with van der Waals surface area (Å²) >= 11 is 0. The summed E-state index contributed by atoms with van der Waals surface area (Å²) in [5, 5.41) is 2.75. The van der Waals surface area contributed by atoms with Gasteiger partial charge in [0, 0.05) is 20.3 Å². The summed E-state index contributed by atoms with van der Waals surface area (Å²) in [6, 6.07) is -0.387. The number of hydrogen-bond donors (Lipinski definition) is 2. The smallest absolute Gasteiger partial charge is 0.236 e. The second-order valence-corrected chi connectivity index (χ2v) is 3.03. The van der Waals surface area contributed by atoms with Gasteiger partial charge in [-0.05, 0) is 19.3 Å². The van der Waals surface area contributed by atoms with Gasteiger partial charge in [-0.1, -0.05) is 6.92 Å². The maximum absolute atomic E-state index is 11.2. The molecule has 0 aromatic heterocycles. The highest BCUT2D eigenvalue weighted by molar-refractivity contribution is 5.81. The van der Waals surface area contributed by atoms with E-state index in [1.807, 2.05) is 6.92 Å². The molecule has 0 bridgehead atoms. The summed E-state index contributed by atoms with van der Waals surface area (Å²) in [6.45, 7) is 3.38. The number of carbonyl (C=O) groups excluding carboxylic acids is 1. The molecule has 0 saturated carbocycles. The van der Waals surface area contributed by atoms with Gasteiger partial charge in [-0.3, -0.25) is 4.79 Å². The fraction of sp³-hybridized carbons (Fsp3) is 0.889. The summed E-state index contributed by atoms with van der Waals surface area (Å²) in [7, 11) is 1.64. The van der Waals surface area contributed by atoms with E-state index in [-0.39, 0.29) is 11.9 Å². The Morgan fingerprint density at radius 2 is 2.31 bits per heavy atom. The molecular weight excluding hydrogens is 168 g/mol. The number of ether oxygens (including phenoxy) is 1. The van der Waals surface area contributed by atoms with Crippen molar-refractivity contribution in [3.05, 3.63) is 0 Å². The third-order valence-corrected chi connectivity index (χ3v) is 1.75. The SMILES string of the molecule is CCCNC(=O)C(N)CCCOC. The van der Waals surface area contributed by atoms with E-state index < -0.39 is 0 Å². The van der Waals surface area contributed by atoms with Crippen LogP contribution in [0.1, 0.15) is 26.2 Å². The third-order valence-electron chi connectivity index (χ3n) is 1.75. The number of nitrogens with one attached hydrogen (secondary N) is 1. The quantitative estimate of drug-likeness (QED) is 0.563. The Morgan fingerprint density at radius 1 is 1.62 bits per heavy atom. The summed E-state index contributed by atoms with van der Waals surface area (Å²) < 4.78 is 4.87. The number of amides is 1. The number of nitrogens with two attached hydrogens (primary N) is 1. The highest BCUT2D eigenvalue weighted by atomic mass is 16.5. The standard InChI is InChI=1S/C9H20N2O2/c1-3-6-11-9(12)8(10)5-4-7-13-2/h8H,3-7,10H2,1-2H3,(H,11,12). The molecule has 0 spiro atoms. The zero-order valence-electron chi connectivity index (χ0n) is 8.51. The second-order valence-electron chi connectivity index (χ2n) is 3.03. The molecule has 0 aromatic carbocycles. The Morgan fingerprint density at radius 3 is 2.85 bits per heavy atom. The number of carbonyl (C=O) groups is 1. The van der Waals surface area contributed by atoms with Crippen LogP contribution in [0.15, 0.2) is 0 Å². The van der Waals surface area contributed by atoms with Crippen molar-refractivity contribution in [1.29, 1.82) is 0 Å². The van der Waals surface area contributed by atoms with E-state index >= 15 is 0 Å². The lowest BCUT2D eigenvalue weighted by molar-refractivity contribution is -0.122. The van der Waals surface area contributed by atoms with Crippen LogP contribution >= 0.6 is 0 Å². The van der Waals surface area contributed by atoms with Crippen molar-refractivity contribution in [2.24, 2.45) is 5.73 Å². The van der Waals surface area contributed by atoms with Crippen molar-refractivity contribution >= 4 is 5.91 Å². The van der Waals surface area contributed by atoms with Gasteiger partial charge in [0.25, 0.3) is 0 Å². The van der Waals surface area contributed by atoms with Crippen molar-refractivity contribution in [1.82, 2.24) is 5.32 Å². The fourth-order valence-corrected chi connectivity index (χ4v) is 0.958. The Bertz CT molecular complexity index is 140. The minimum Gasteiger partial charge on any atom is -0.385 e. The van der Waals surface area contributed by atoms with Gasteiger partial charge in [0.1, 0.15) is 0 Å². The molecule has 0 saturated heterocycles. The maximum Gasteiger partial charge on any atom is 0.236 e. The molecule has 1 unspecified atom stereocenters. The highest BCUT2D eigenvalue weighted by Gasteiger charge is 2.11. The van der Waals surface area contributed by atoms with E-state index in [9.17, 15) is 4.79 Å². The molecule has 0 radical (unpaired) electrons. The Balaban J connectivity index is 3.45. The zero-order chi connectivity index (χ0) is 10.1. The average Bonchev–Trinajstić information content (AvgIpc) is 2.14. The van der Waals surface area contributed by atoms with Crippen LogP contribution in [0.4, 0.5) is 0 Å². The summed E-state index contributed by atoms with van der Waals surface area (Å²) in [6.07, 6.45) is 2.46. The molecule has 0 aromatic rings. The van der Waals surface area contributed by atoms with Gasteiger partial charge >= 0.3 is 0 Å². The number of hydrogen-bond acceptors (Lipinski definition) is 3. The number of methoxy groups -OCH3 is 1. The van der Waals surface area contributed by atoms with Gasteiger partial charge in [-0.2, -0.15) is 0 Å². The van der Waals surface area contributed by atoms with Gasteiger partial charge in [-0.25, -0.2) is 0 Å². The number of rotatable bonds is 7. The minimum atomic E-state index is -0.387. The summed E-state index contributed by atoms with van der Waals surface area (Å²) in [5.41, 5.74) is 5.63. The minimum absolute atomic E-state index is 0.0575. The van der Waals surface area contributed by atoms with Crippen LogP contribution in [0.5, 0.6) is 0 Å². The van der Waals surface area contributed by atoms with Gasteiger partial charge in [0.15, 0.2) is 0 Å². The van der Waals surface area contributed by atoms with Gasteiger partial charge in [0.2, 0.25) is 5.91 Å². The monoisotopic (exact) mass is 188 g/mol. The molecule has 0 aliphatic heterocycles. The highest BCUT2D eigenvalue weighted by Crippen LogP contribution is 1.94. The molecular formula is C9H20N2O2. The Kier molecular flexibility index (Phi) is 7.63. The van der Waals surface area contributed by atoms with Crippen molar-refractivity contribution in [2.45, 2.75) is 32.2 Å². The predicted molar refractivity (Wildman–Crippen MR) is 52.4 cm³/mol. The van der Waals surface area contributed by atoms with Crippen molar-refractivity contribution in [3.8, 4) is 0 Å². The molecule has 0 fully saturated rings. The molecule has 1 amide bonds. The molecule has 4 heteroatoms. The first-order valence-corrected chi connectivity index (χ1v) is 4.74. The van der Waals surface area contributed by atoms with Crippen molar-refractivity contribution in [2.75, 3.05) is 20.3 Å². The lowest BCUT2D eigenvalue weighted by atomic mass is 10.1. The Labute approximate surface area is 79.8 Å². The first-order valence-electron chi connectivity index (χ1n) is 4.74. The summed E-state index contributed by atoms with van der Waals surface area (Å²) in [5.74, 6) is -0.0575. The Hall–Kier alpha value is -0.610. The van der Waals surface area contributed by atoms with E-state index in [0.29, 0.717) is 19.6 Å². The van der Waals surface area contributed by atoms with Crippen LogP contribution in [0.3, 0.4) is 0 Å². The molecule has 0 rings (SSSR count). The molecule has 1 atom stereocenters. The first kappa shape index (κ1) is 12.4. The second kappa shape index (κ2) is 8.01. The van der Waals surface area contributed by atoms with E-state index in [1.165, 1.54) is 0 Å². The third kappa shape index (κ3) is 6.54. The van der Waals surface area contributed by atoms with Crippen LogP contribution in [0, 0.1) is 0 Å². The molecule has 0 aliphatic carbocycles. The fourth-order valence-electron chi connectivity index (χ4n) is 0.958.